The topological polar surface area (TPSA) is 286 Å². The summed E-state index contributed by atoms with van der Waals surface area (Å²) in [6.07, 6.45) is -7.75. The van der Waals surface area contributed by atoms with E-state index in [1.54, 1.807) is 58.0 Å². The van der Waals surface area contributed by atoms with Gasteiger partial charge in [0.05, 0.1) is 18.2 Å². The molecule has 1 aliphatic heterocycles. The van der Waals surface area contributed by atoms with E-state index >= 15 is 4.79 Å². The molecule has 3 unspecified atom stereocenters. The van der Waals surface area contributed by atoms with Crippen LogP contribution in [0.15, 0.2) is 42.6 Å². The maximum Gasteiger partial charge on any atom is 0.333 e. The fourth-order valence-electron chi connectivity index (χ4n) is 7.76. The van der Waals surface area contributed by atoms with Gasteiger partial charge in [0.15, 0.2) is 24.2 Å². The zero-order chi connectivity index (χ0) is 54.2. The number of ether oxygens (including phenoxy) is 4. The van der Waals surface area contributed by atoms with Crippen molar-refractivity contribution in [1.29, 1.82) is 0 Å². The monoisotopic (exact) mass is 1000 g/mol. The Bertz CT molecular complexity index is 2070. The Hall–Kier alpha value is -6.26. The van der Waals surface area contributed by atoms with Gasteiger partial charge in [0, 0.05) is 48.0 Å². The maximum absolute atomic E-state index is 15.0. The first-order valence-electron chi connectivity index (χ1n) is 23.5. The van der Waals surface area contributed by atoms with Crippen molar-refractivity contribution in [3.63, 3.8) is 0 Å². The molecule has 396 valence electrons. The molecular formula is C49H75N7O15. The summed E-state index contributed by atoms with van der Waals surface area (Å²) < 4.78 is 23.6. The molecule has 1 aromatic rings. The first-order chi connectivity index (χ1) is 33.2. The smallest absolute Gasteiger partial charge is 0.333 e. The molecule has 6 amide bonds. The number of hydrogen-bond acceptors (Lipinski definition) is 16. The number of hydrogen-bond donors (Lipinski definition) is 5. The van der Waals surface area contributed by atoms with E-state index in [0.29, 0.717) is 11.8 Å². The Morgan fingerprint density at radius 3 is 2.08 bits per heavy atom. The molecule has 0 spiro atoms. The van der Waals surface area contributed by atoms with Crippen molar-refractivity contribution < 1.29 is 72.0 Å². The first kappa shape index (κ1) is 60.9. The summed E-state index contributed by atoms with van der Waals surface area (Å²) in [7, 11) is 6.33. The second kappa shape index (κ2) is 28.0. The highest BCUT2D eigenvalue weighted by Crippen LogP contribution is 2.26. The number of nitrogens with zero attached hydrogens (tertiary/aromatic N) is 3. The van der Waals surface area contributed by atoms with E-state index in [9.17, 15) is 48.3 Å². The van der Waals surface area contributed by atoms with Crippen LogP contribution in [0.1, 0.15) is 80.7 Å². The van der Waals surface area contributed by atoms with E-state index in [0.717, 1.165) is 21.6 Å². The van der Waals surface area contributed by atoms with E-state index in [1.807, 2.05) is 0 Å². The number of rotatable bonds is 16. The van der Waals surface area contributed by atoms with Crippen LogP contribution >= 0.6 is 0 Å². The third-order valence-corrected chi connectivity index (χ3v) is 12.5. The number of aldehydes is 1. The average molecular weight is 1000 g/mol. The van der Waals surface area contributed by atoms with Crippen LogP contribution in [0.4, 0.5) is 0 Å². The van der Waals surface area contributed by atoms with Crippen molar-refractivity contribution >= 4 is 59.6 Å². The maximum atomic E-state index is 15.0. The Labute approximate surface area is 416 Å². The summed E-state index contributed by atoms with van der Waals surface area (Å²) in [4.78, 5) is 142. The molecule has 0 radical (unpaired) electrons. The minimum atomic E-state index is -1.75. The summed E-state index contributed by atoms with van der Waals surface area (Å²) in [6, 6.07) is -0.863. The van der Waals surface area contributed by atoms with E-state index in [4.69, 9.17) is 18.9 Å². The Kier molecular flexibility index (Phi) is 24.0. The van der Waals surface area contributed by atoms with Crippen LogP contribution in [0.3, 0.4) is 0 Å². The largest absolute Gasteiger partial charge is 0.458 e. The predicted molar refractivity (Wildman–Crippen MR) is 257 cm³/mol. The molecule has 1 aromatic carbocycles. The number of carbonyl (C=O) groups excluding carboxylic acids is 10. The average Bonchev–Trinajstić information content (AvgIpc) is 3.33. The third kappa shape index (κ3) is 16.4. The lowest BCUT2D eigenvalue weighted by atomic mass is 9.89. The molecule has 1 heterocycles. The Morgan fingerprint density at radius 2 is 1.58 bits per heavy atom. The molecule has 0 aliphatic carbocycles. The number of cyclic esters (lactones) is 2. The molecule has 0 bridgehead atoms. The van der Waals surface area contributed by atoms with Gasteiger partial charge in [-0.3, -0.25) is 28.8 Å². The molecule has 71 heavy (non-hydrogen) atoms. The lowest BCUT2D eigenvalue weighted by molar-refractivity contribution is -0.177. The summed E-state index contributed by atoms with van der Waals surface area (Å²) in [5.74, 6) is -11.1. The van der Waals surface area contributed by atoms with Gasteiger partial charge in [-0.15, -0.1) is 0 Å². The van der Waals surface area contributed by atoms with Crippen molar-refractivity contribution in [1.82, 2.24) is 36.0 Å². The van der Waals surface area contributed by atoms with Crippen molar-refractivity contribution in [2.45, 2.75) is 148 Å². The van der Waals surface area contributed by atoms with Gasteiger partial charge >= 0.3 is 17.9 Å². The standard InChI is InChI=1S/C49H75N7O15/c1-16-35(59)53-36(40(60)25(2)3)47(65)71-42-27(6)22-33(44(62)54(12)28(7)24-57)52-43(61)29(8)55(13)45(63)34(23-32-20-18-17-19-21-32)69-48(66)38(51-31(10)58)41(26(4)5)70-49(67)39(30(9)68-15)56(14)46(64)37(42)50-11/h17-21,24-28,30,33-34,36-42,50,60H,8,16,22-23H2,1-7,9-15H3,(H,51,58)(H,52,61)(H,53,59)/t27?,28-,30-,33-,34+,36-,37?,38-,39-,40+,41?,42-/m0/s1. The SMILES string of the molecule is C=C1C(=O)N[C@H](C(=O)N(C)[C@@H](C)C=O)CC(C)[C@H](OC(=O)[C@@H](NC(=O)CC)[C@H](O)C(C)C)C(NC)C(=O)N(C)[C@@H]([C@H](C)OC)C(=O)OC(C(C)C)[C@H](NC(C)=O)C(=O)O[C@H](Cc2ccccc2)C(=O)N1C. The van der Waals surface area contributed by atoms with Gasteiger partial charge < -0.3 is 64.8 Å². The van der Waals surface area contributed by atoms with Crippen LogP contribution in [0, 0.1) is 17.8 Å². The van der Waals surface area contributed by atoms with Crippen molar-refractivity contribution in [2.75, 3.05) is 35.3 Å². The molecule has 1 aliphatic rings. The van der Waals surface area contributed by atoms with Gasteiger partial charge in [-0.25, -0.2) is 14.4 Å². The van der Waals surface area contributed by atoms with Crippen LogP contribution in [-0.2, 0) is 73.3 Å². The van der Waals surface area contributed by atoms with Gasteiger partial charge in [-0.2, -0.15) is 0 Å². The van der Waals surface area contributed by atoms with Crippen LogP contribution in [0.25, 0.3) is 0 Å². The molecule has 12 atom stereocenters. The molecule has 0 aromatic heterocycles. The number of benzene rings is 1. The second-order valence-electron chi connectivity index (χ2n) is 18.5. The van der Waals surface area contributed by atoms with Crippen molar-refractivity contribution in [3.8, 4) is 0 Å². The molecule has 1 saturated heterocycles. The number of nitrogens with one attached hydrogen (secondary N) is 4. The second-order valence-corrected chi connectivity index (χ2v) is 18.5. The predicted octanol–water partition coefficient (Wildman–Crippen LogP) is 0.0293. The van der Waals surface area contributed by atoms with Crippen molar-refractivity contribution in [2.24, 2.45) is 17.8 Å². The minimum Gasteiger partial charge on any atom is -0.458 e. The summed E-state index contributed by atoms with van der Waals surface area (Å²) >= 11 is 0. The molecule has 0 saturated carbocycles. The fourth-order valence-corrected chi connectivity index (χ4v) is 7.76. The molecule has 22 heteroatoms. The highest BCUT2D eigenvalue weighted by molar-refractivity contribution is 6.00. The van der Waals surface area contributed by atoms with Gasteiger partial charge in [-0.1, -0.05) is 78.5 Å². The van der Waals surface area contributed by atoms with Crippen LogP contribution in [0.2, 0.25) is 0 Å². The lowest BCUT2D eigenvalue weighted by Gasteiger charge is -2.39. The third-order valence-electron chi connectivity index (χ3n) is 12.5. The highest BCUT2D eigenvalue weighted by atomic mass is 16.6. The number of esters is 3. The molecule has 22 nitrogen and oxygen atoms in total. The van der Waals surface area contributed by atoms with E-state index in [-0.39, 0.29) is 12.8 Å². The number of methoxy groups -OCH3 is 1. The van der Waals surface area contributed by atoms with Crippen LogP contribution < -0.4 is 21.3 Å². The Balaban J connectivity index is 3.09. The number of aliphatic hydroxyl groups excluding tert-OH is 1. The zero-order valence-electron chi connectivity index (χ0n) is 43.4. The van der Waals surface area contributed by atoms with Crippen LogP contribution in [0.5, 0.6) is 0 Å². The van der Waals surface area contributed by atoms with Crippen LogP contribution in [-0.4, -0.2) is 182 Å². The van der Waals surface area contributed by atoms with E-state index < -0.39 is 150 Å². The van der Waals surface area contributed by atoms with Gasteiger partial charge in [0.1, 0.15) is 36.3 Å². The highest BCUT2D eigenvalue weighted by Gasteiger charge is 2.47. The summed E-state index contributed by atoms with van der Waals surface area (Å²) in [5, 5.41) is 21.6. The number of likely N-dealkylation sites (N-methyl/N-ethyl adjacent to an activating group) is 4. The fraction of sp³-hybridized carbons (Fsp3) is 0.633. The van der Waals surface area contributed by atoms with Gasteiger partial charge in [0.2, 0.25) is 23.6 Å². The van der Waals surface area contributed by atoms with Gasteiger partial charge in [0.25, 0.3) is 11.8 Å². The van der Waals surface area contributed by atoms with E-state index in [1.165, 1.54) is 63.0 Å². The number of carbonyl (C=O) groups is 10. The Morgan fingerprint density at radius 1 is 0.972 bits per heavy atom. The van der Waals surface area contributed by atoms with E-state index in [2.05, 4.69) is 27.8 Å². The first-order valence-corrected chi connectivity index (χ1v) is 23.5. The molecule has 1 fully saturated rings. The minimum absolute atomic E-state index is 0.0770. The molecular weight excluding hydrogens is 927 g/mol. The summed E-state index contributed by atoms with van der Waals surface area (Å²) in [6.45, 7) is 17.2. The summed E-state index contributed by atoms with van der Waals surface area (Å²) in [5.41, 5.74) is -0.0192. The quantitative estimate of drug-likeness (QED) is 0.0632. The van der Waals surface area contributed by atoms with Crippen molar-refractivity contribution in [3.05, 3.63) is 48.2 Å². The number of aliphatic hydroxyl groups is 1. The molecule has 2 rings (SSSR count). The molecule has 5 N–H and O–H groups in total. The normalized spacial score (nSPS) is 25.2. The number of amides is 6. The lowest BCUT2D eigenvalue weighted by Crippen LogP contribution is -2.62. The zero-order valence-corrected chi connectivity index (χ0v) is 43.4. The van der Waals surface area contributed by atoms with Gasteiger partial charge in [-0.05, 0) is 50.6 Å².